The number of para-hydroxylation sites is 1. The van der Waals surface area contributed by atoms with Gasteiger partial charge in [0.1, 0.15) is 11.4 Å². The van der Waals surface area contributed by atoms with Crippen LogP contribution in [0.1, 0.15) is 11.3 Å². The molecule has 3 rings (SSSR count). The van der Waals surface area contributed by atoms with Gasteiger partial charge in [0.2, 0.25) is 0 Å². The number of aromatic nitrogens is 1. The Morgan fingerprint density at radius 2 is 2.04 bits per heavy atom. The summed E-state index contributed by atoms with van der Waals surface area (Å²) in [5.41, 5.74) is 3.37. The van der Waals surface area contributed by atoms with E-state index in [9.17, 15) is 10.1 Å². The number of nitro groups is 1. The predicted octanol–water partition coefficient (Wildman–Crippen LogP) is 4.14. The van der Waals surface area contributed by atoms with E-state index in [1.54, 1.807) is 12.3 Å². The number of aryl methyl sites for hydroxylation is 1. The van der Waals surface area contributed by atoms with Gasteiger partial charge in [0.25, 0.3) is 5.69 Å². The third-order valence-electron chi connectivity index (χ3n) is 3.65. The Balaban J connectivity index is 2.06. The number of methoxy groups -OCH3 is 1. The Hall–Kier alpha value is -3.15. The largest absolute Gasteiger partial charge is 0.494 e. The molecule has 2 aromatic carbocycles. The number of ether oxygens (including phenoxy) is 1. The van der Waals surface area contributed by atoms with Gasteiger partial charge < -0.3 is 9.72 Å². The number of hydrogen-bond donors (Lipinski definition) is 1. The molecule has 0 radical (unpaired) electrons. The van der Waals surface area contributed by atoms with Crippen LogP contribution in [0.2, 0.25) is 0 Å². The van der Waals surface area contributed by atoms with Crippen LogP contribution < -0.4 is 4.74 Å². The minimum absolute atomic E-state index is 0.0198. The molecule has 0 aliphatic carbocycles. The van der Waals surface area contributed by atoms with Crippen LogP contribution in [0.4, 0.5) is 11.4 Å². The van der Waals surface area contributed by atoms with Crippen LogP contribution in [-0.4, -0.2) is 23.2 Å². The van der Waals surface area contributed by atoms with E-state index < -0.39 is 4.92 Å². The number of nitrogens with one attached hydrogen (secondary N) is 1. The Bertz CT molecular complexity index is 913. The van der Waals surface area contributed by atoms with Gasteiger partial charge in [0, 0.05) is 40.5 Å². The minimum atomic E-state index is -0.449. The number of benzene rings is 2. The zero-order valence-electron chi connectivity index (χ0n) is 12.7. The molecule has 1 aromatic heterocycles. The normalized spacial score (nSPS) is 11.2. The summed E-state index contributed by atoms with van der Waals surface area (Å²) in [5.74, 6) is 0.490. The molecule has 0 saturated heterocycles. The van der Waals surface area contributed by atoms with E-state index in [4.69, 9.17) is 4.74 Å². The lowest BCUT2D eigenvalue weighted by molar-refractivity contribution is -0.384. The van der Waals surface area contributed by atoms with Gasteiger partial charge in [-0.3, -0.25) is 15.1 Å². The number of nitrogens with zero attached hydrogens (tertiary/aromatic N) is 2. The maximum Gasteiger partial charge on any atom is 0.271 e. The van der Waals surface area contributed by atoms with E-state index in [1.165, 1.54) is 19.2 Å². The molecule has 1 heterocycles. The molecule has 0 amide bonds. The molecule has 0 atom stereocenters. The lowest BCUT2D eigenvalue weighted by Crippen LogP contribution is -1.90. The van der Waals surface area contributed by atoms with Gasteiger partial charge >= 0.3 is 0 Å². The Morgan fingerprint density at radius 1 is 1.26 bits per heavy atom. The maximum atomic E-state index is 10.9. The Labute approximate surface area is 132 Å². The van der Waals surface area contributed by atoms with Crippen molar-refractivity contribution in [3.05, 3.63) is 63.8 Å². The molecular weight excluding hydrogens is 294 g/mol. The van der Waals surface area contributed by atoms with Gasteiger partial charge in [-0.15, -0.1) is 0 Å². The van der Waals surface area contributed by atoms with Gasteiger partial charge in [-0.1, -0.05) is 18.2 Å². The molecule has 1 N–H and O–H groups in total. The van der Waals surface area contributed by atoms with Gasteiger partial charge in [-0.05, 0) is 19.1 Å². The molecule has 0 aliphatic rings. The molecule has 116 valence electrons. The molecule has 0 fully saturated rings. The average Bonchev–Trinajstić information content (AvgIpc) is 2.87. The third kappa shape index (κ3) is 2.78. The summed E-state index contributed by atoms with van der Waals surface area (Å²) in [4.78, 5) is 18.2. The van der Waals surface area contributed by atoms with Gasteiger partial charge in [-0.25, -0.2) is 0 Å². The maximum absolute atomic E-state index is 10.9. The first kappa shape index (κ1) is 14.8. The number of hydrogen-bond acceptors (Lipinski definition) is 4. The van der Waals surface area contributed by atoms with Gasteiger partial charge in [0.15, 0.2) is 0 Å². The van der Waals surface area contributed by atoms with Crippen molar-refractivity contribution in [2.75, 3.05) is 7.11 Å². The monoisotopic (exact) mass is 309 g/mol. The van der Waals surface area contributed by atoms with Gasteiger partial charge in [0.05, 0.1) is 12.0 Å². The SMILES string of the molecule is COc1ccc([N+](=O)[O-])cc1N=Cc1c(C)[nH]c2ccccc12. The van der Waals surface area contributed by atoms with Crippen molar-refractivity contribution in [3.63, 3.8) is 0 Å². The summed E-state index contributed by atoms with van der Waals surface area (Å²) in [6.07, 6.45) is 1.70. The van der Waals surface area contributed by atoms with Crippen molar-refractivity contribution in [2.45, 2.75) is 6.92 Å². The molecule has 0 saturated carbocycles. The zero-order chi connectivity index (χ0) is 16.4. The van der Waals surface area contributed by atoms with Crippen molar-refractivity contribution >= 4 is 28.5 Å². The third-order valence-corrected chi connectivity index (χ3v) is 3.65. The lowest BCUT2D eigenvalue weighted by Gasteiger charge is -2.03. The molecule has 6 heteroatoms. The number of aromatic amines is 1. The van der Waals surface area contributed by atoms with Crippen molar-refractivity contribution in [3.8, 4) is 5.75 Å². The Morgan fingerprint density at radius 3 is 2.78 bits per heavy atom. The molecule has 6 nitrogen and oxygen atoms in total. The lowest BCUT2D eigenvalue weighted by atomic mass is 10.1. The van der Waals surface area contributed by atoms with Crippen molar-refractivity contribution in [1.29, 1.82) is 0 Å². The molecule has 0 aliphatic heterocycles. The molecule has 0 spiro atoms. The molecule has 23 heavy (non-hydrogen) atoms. The number of non-ortho nitro benzene ring substituents is 1. The topological polar surface area (TPSA) is 80.5 Å². The molecule has 0 bridgehead atoms. The fourth-order valence-corrected chi connectivity index (χ4v) is 2.49. The van der Waals surface area contributed by atoms with E-state index in [2.05, 4.69) is 9.98 Å². The van der Waals surface area contributed by atoms with Crippen LogP contribution in [0.15, 0.2) is 47.5 Å². The standard InChI is InChI=1S/C17H15N3O3/c1-11-14(13-5-3-4-6-15(13)19-11)10-18-16-9-12(20(21)22)7-8-17(16)23-2/h3-10,19H,1-2H3. The Kier molecular flexibility index (Phi) is 3.80. The first-order valence-electron chi connectivity index (χ1n) is 7.04. The highest BCUT2D eigenvalue weighted by atomic mass is 16.6. The number of rotatable bonds is 4. The van der Waals surface area contributed by atoms with Gasteiger partial charge in [-0.2, -0.15) is 0 Å². The van der Waals surface area contributed by atoms with Crippen LogP contribution >= 0.6 is 0 Å². The second-order valence-electron chi connectivity index (χ2n) is 5.08. The number of aliphatic imine (C=N–C) groups is 1. The second kappa shape index (κ2) is 5.92. The first-order chi connectivity index (χ1) is 11.1. The number of H-pyrrole nitrogens is 1. The van der Waals surface area contributed by atoms with Crippen LogP contribution in [0.5, 0.6) is 5.75 Å². The van der Waals surface area contributed by atoms with E-state index in [-0.39, 0.29) is 5.69 Å². The summed E-state index contributed by atoms with van der Waals surface area (Å²) >= 11 is 0. The summed E-state index contributed by atoms with van der Waals surface area (Å²) in [6, 6.07) is 12.3. The van der Waals surface area contributed by atoms with Crippen LogP contribution in [0.25, 0.3) is 10.9 Å². The van der Waals surface area contributed by atoms with Crippen molar-refractivity contribution in [1.82, 2.24) is 4.98 Å². The highest BCUT2D eigenvalue weighted by molar-refractivity contribution is 6.01. The molecule has 0 unspecified atom stereocenters. The van der Waals surface area contributed by atoms with Crippen LogP contribution in [-0.2, 0) is 0 Å². The summed E-state index contributed by atoms with van der Waals surface area (Å²) < 4.78 is 5.22. The smallest absolute Gasteiger partial charge is 0.271 e. The van der Waals surface area contributed by atoms with E-state index in [0.29, 0.717) is 11.4 Å². The van der Waals surface area contributed by atoms with E-state index in [0.717, 1.165) is 22.2 Å². The van der Waals surface area contributed by atoms with Crippen LogP contribution in [0.3, 0.4) is 0 Å². The average molecular weight is 309 g/mol. The van der Waals surface area contributed by atoms with E-state index >= 15 is 0 Å². The van der Waals surface area contributed by atoms with E-state index in [1.807, 2.05) is 31.2 Å². The fourth-order valence-electron chi connectivity index (χ4n) is 2.49. The minimum Gasteiger partial charge on any atom is -0.494 e. The van der Waals surface area contributed by atoms with Crippen molar-refractivity contribution in [2.24, 2.45) is 4.99 Å². The zero-order valence-corrected chi connectivity index (χ0v) is 12.7. The fraction of sp³-hybridized carbons (Fsp3) is 0.118. The summed E-state index contributed by atoms with van der Waals surface area (Å²) in [6.45, 7) is 1.96. The predicted molar refractivity (Wildman–Crippen MR) is 89.9 cm³/mol. The first-order valence-corrected chi connectivity index (χ1v) is 7.04. The quantitative estimate of drug-likeness (QED) is 0.446. The molecular formula is C17H15N3O3. The number of nitro benzene ring substituents is 1. The summed E-state index contributed by atoms with van der Waals surface area (Å²) in [7, 11) is 1.51. The number of fused-ring (bicyclic) bond motifs is 1. The molecule has 3 aromatic rings. The van der Waals surface area contributed by atoms with Crippen molar-refractivity contribution < 1.29 is 9.66 Å². The summed E-state index contributed by atoms with van der Waals surface area (Å²) in [5, 5.41) is 12.0. The van der Waals surface area contributed by atoms with Crippen LogP contribution in [0, 0.1) is 17.0 Å². The second-order valence-corrected chi connectivity index (χ2v) is 5.08. The highest BCUT2D eigenvalue weighted by Gasteiger charge is 2.11. The highest BCUT2D eigenvalue weighted by Crippen LogP contribution is 2.31.